The topological polar surface area (TPSA) is 0 Å². The van der Waals surface area contributed by atoms with Crippen LogP contribution in [0.15, 0.2) is 29.2 Å². The predicted molar refractivity (Wildman–Crippen MR) is 69.4 cm³/mol. The molecule has 0 N–H and O–H groups in total. The van der Waals surface area contributed by atoms with Crippen molar-refractivity contribution in [3.8, 4) is 0 Å². The van der Waals surface area contributed by atoms with Crippen LogP contribution < -0.4 is 0 Å². The van der Waals surface area contributed by atoms with Gasteiger partial charge in [0, 0.05) is 4.90 Å². The third-order valence-electron chi connectivity index (χ3n) is 1.95. The van der Waals surface area contributed by atoms with E-state index in [1.54, 1.807) is 23.9 Å². The number of hydrogen-bond acceptors (Lipinski definition) is 2. The van der Waals surface area contributed by atoms with E-state index in [0.717, 1.165) is 10.6 Å². The zero-order valence-corrected chi connectivity index (χ0v) is 10.7. The van der Waals surface area contributed by atoms with E-state index in [4.69, 9.17) is 0 Å². The quantitative estimate of drug-likeness (QED) is 0.513. The van der Waals surface area contributed by atoms with Crippen LogP contribution >= 0.6 is 23.5 Å². The summed E-state index contributed by atoms with van der Waals surface area (Å²) >= 11 is 3.73. The molecular formula is C12H17FS2. The molecule has 0 saturated carbocycles. The van der Waals surface area contributed by atoms with Crippen LogP contribution in [-0.2, 0) is 0 Å². The van der Waals surface area contributed by atoms with Gasteiger partial charge in [0.05, 0.1) is 0 Å². The van der Waals surface area contributed by atoms with Gasteiger partial charge in [0.15, 0.2) is 0 Å². The van der Waals surface area contributed by atoms with E-state index in [1.807, 2.05) is 17.8 Å². The van der Waals surface area contributed by atoms with Crippen molar-refractivity contribution in [2.45, 2.75) is 24.7 Å². The highest BCUT2D eigenvalue weighted by atomic mass is 32.2. The Kier molecular flexibility index (Phi) is 6.94. The molecule has 0 heterocycles. The standard InChI is InChI=1S/C12H17FS2/c1-2-14-8-3-4-9-15-12-7-5-6-11(13)10-12/h5-7,10H,2-4,8-9H2,1H3. The molecule has 1 aromatic rings. The van der Waals surface area contributed by atoms with Crippen LogP contribution in [0.3, 0.4) is 0 Å². The minimum absolute atomic E-state index is 0.137. The number of hydrogen-bond donors (Lipinski definition) is 0. The van der Waals surface area contributed by atoms with E-state index in [-0.39, 0.29) is 5.82 Å². The average molecular weight is 244 g/mol. The molecule has 0 radical (unpaired) electrons. The minimum atomic E-state index is -0.137. The van der Waals surface area contributed by atoms with Gasteiger partial charge in [-0.1, -0.05) is 13.0 Å². The lowest BCUT2D eigenvalue weighted by molar-refractivity contribution is 0.624. The Bertz CT molecular complexity index is 276. The maximum Gasteiger partial charge on any atom is 0.124 e. The molecule has 0 aliphatic rings. The van der Waals surface area contributed by atoms with Crippen molar-refractivity contribution in [3.05, 3.63) is 30.1 Å². The number of halogens is 1. The zero-order chi connectivity index (χ0) is 10.9. The van der Waals surface area contributed by atoms with Gasteiger partial charge in [-0.2, -0.15) is 11.8 Å². The van der Waals surface area contributed by atoms with Gasteiger partial charge in [-0.25, -0.2) is 4.39 Å². The Morgan fingerprint density at radius 1 is 1.20 bits per heavy atom. The summed E-state index contributed by atoms with van der Waals surface area (Å²) < 4.78 is 12.8. The third-order valence-corrected chi connectivity index (χ3v) is 4.02. The van der Waals surface area contributed by atoms with Gasteiger partial charge in [0.25, 0.3) is 0 Å². The lowest BCUT2D eigenvalue weighted by Crippen LogP contribution is -1.85. The molecular weight excluding hydrogens is 227 g/mol. The molecule has 0 nitrogen and oxygen atoms in total. The van der Waals surface area contributed by atoms with Crippen LogP contribution in [-0.4, -0.2) is 17.3 Å². The number of unbranched alkanes of at least 4 members (excludes halogenated alkanes) is 1. The van der Waals surface area contributed by atoms with Crippen LogP contribution in [0.25, 0.3) is 0 Å². The van der Waals surface area contributed by atoms with Gasteiger partial charge in [0.2, 0.25) is 0 Å². The molecule has 0 bridgehead atoms. The van der Waals surface area contributed by atoms with E-state index >= 15 is 0 Å². The summed E-state index contributed by atoms with van der Waals surface area (Å²) in [7, 11) is 0. The SMILES string of the molecule is CCSCCCCSc1cccc(F)c1. The number of thioether (sulfide) groups is 2. The maximum absolute atomic E-state index is 12.8. The van der Waals surface area contributed by atoms with Gasteiger partial charge < -0.3 is 0 Å². The third kappa shape index (κ3) is 6.10. The fraction of sp³-hybridized carbons (Fsp3) is 0.500. The highest BCUT2D eigenvalue weighted by molar-refractivity contribution is 7.99. The van der Waals surface area contributed by atoms with E-state index in [2.05, 4.69) is 6.92 Å². The monoisotopic (exact) mass is 244 g/mol. The van der Waals surface area contributed by atoms with E-state index in [9.17, 15) is 4.39 Å². The Hall–Kier alpha value is -0.150. The first-order chi connectivity index (χ1) is 7.33. The van der Waals surface area contributed by atoms with Crippen molar-refractivity contribution in [1.82, 2.24) is 0 Å². The van der Waals surface area contributed by atoms with Crippen LogP contribution in [0.4, 0.5) is 4.39 Å². The van der Waals surface area contributed by atoms with Gasteiger partial charge >= 0.3 is 0 Å². The molecule has 0 fully saturated rings. The second-order valence-corrected chi connectivity index (χ2v) is 5.77. The first kappa shape index (κ1) is 12.9. The van der Waals surface area contributed by atoms with Crippen molar-refractivity contribution in [2.24, 2.45) is 0 Å². The average Bonchev–Trinajstić information content (AvgIpc) is 2.23. The van der Waals surface area contributed by atoms with E-state index in [1.165, 1.54) is 30.4 Å². The lowest BCUT2D eigenvalue weighted by Gasteiger charge is -2.01. The second-order valence-electron chi connectivity index (χ2n) is 3.21. The first-order valence-electron chi connectivity index (χ1n) is 5.29. The number of rotatable bonds is 7. The Balaban J connectivity index is 2.10. The fourth-order valence-electron chi connectivity index (χ4n) is 1.20. The van der Waals surface area contributed by atoms with Crippen LogP contribution in [0, 0.1) is 5.82 Å². The van der Waals surface area contributed by atoms with E-state index in [0.29, 0.717) is 0 Å². The zero-order valence-electron chi connectivity index (χ0n) is 9.04. The maximum atomic E-state index is 12.8. The molecule has 84 valence electrons. The summed E-state index contributed by atoms with van der Waals surface area (Å²) in [6.07, 6.45) is 2.48. The summed E-state index contributed by atoms with van der Waals surface area (Å²) in [5, 5.41) is 0. The van der Waals surface area contributed by atoms with Crippen molar-refractivity contribution in [2.75, 3.05) is 17.3 Å². The molecule has 0 aliphatic heterocycles. The molecule has 0 spiro atoms. The summed E-state index contributed by atoms with van der Waals surface area (Å²) in [5.41, 5.74) is 0. The Labute approximate surface area is 100 Å². The molecule has 3 heteroatoms. The molecule has 1 rings (SSSR count). The number of benzene rings is 1. The molecule has 0 unspecified atom stereocenters. The minimum Gasteiger partial charge on any atom is -0.207 e. The summed E-state index contributed by atoms with van der Waals surface area (Å²) in [6, 6.07) is 6.83. The highest BCUT2D eigenvalue weighted by Crippen LogP contribution is 2.20. The molecule has 0 aliphatic carbocycles. The highest BCUT2D eigenvalue weighted by Gasteiger charge is 1.96. The van der Waals surface area contributed by atoms with Gasteiger partial charge in [-0.15, -0.1) is 11.8 Å². The summed E-state index contributed by atoms with van der Waals surface area (Å²) in [4.78, 5) is 1.04. The van der Waals surface area contributed by atoms with Gasteiger partial charge in [-0.05, 0) is 48.3 Å². The van der Waals surface area contributed by atoms with Crippen molar-refractivity contribution >= 4 is 23.5 Å². The molecule has 0 saturated heterocycles. The Morgan fingerprint density at radius 3 is 2.73 bits per heavy atom. The van der Waals surface area contributed by atoms with Crippen LogP contribution in [0.2, 0.25) is 0 Å². The van der Waals surface area contributed by atoms with E-state index < -0.39 is 0 Å². The molecule has 0 amide bonds. The van der Waals surface area contributed by atoms with Crippen LogP contribution in [0.5, 0.6) is 0 Å². The lowest BCUT2D eigenvalue weighted by atomic mass is 10.3. The predicted octanol–water partition coefficient (Wildman–Crippen LogP) is 4.45. The van der Waals surface area contributed by atoms with Crippen molar-refractivity contribution in [1.29, 1.82) is 0 Å². The largest absolute Gasteiger partial charge is 0.207 e. The molecule has 15 heavy (non-hydrogen) atoms. The molecule has 1 aromatic carbocycles. The molecule has 0 aromatic heterocycles. The van der Waals surface area contributed by atoms with Gasteiger partial charge in [0.1, 0.15) is 5.82 Å². The normalized spacial score (nSPS) is 10.5. The van der Waals surface area contributed by atoms with Crippen molar-refractivity contribution in [3.63, 3.8) is 0 Å². The smallest absolute Gasteiger partial charge is 0.124 e. The molecule has 0 atom stereocenters. The fourth-order valence-corrected chi connectivity index (χ4v) is 2.85. The van der Waals surface area contributed by atoms with Crippen molar-refractivity contribution < 1.29 is 4.39 Å². The second kappa shape index (κ2) is 8.05. The Morgan fingerprint density at radius 2 is 2.00 bits per heavy atom. The summed E-state index contributed by atoms with van der Waals surface area (Å²) in [6.45, 7) is 2.19. The summed E-state index contributed by atoms with van der Waals surface area (Å²) in [5.74, 6) is 3.41. The van der Waals surface area contributed by atoms with Crippen LogP contribution in [0.1, 0.15) is 19.8 Å². The van der Waals surface area contributed by atoms with Gasteiger partial charge in [-0.3, -0.25) is 0 Å². The first-order valence-corrected chi connectivity index (χ1v) is 7.43.